The van der Waals surface area contributed by atoms with E-state index in [1.54, 1.807) is 0 Å². The highest BCUT2D eigenvalue weighted by Gasteiger charge is 2.32. The Bertz CT molecular complexity index is 600. The number of benzene rings is 1. The molecule has 0 radical (unpaired) electrons. The van der Waals surface area contributed by atoms with Crippen molar-refractivity contribution >= 4 is 21.6 Å². The monoisotopic (exact) mass is 319 g/mol. The molecule has 0 amide bonds. The van der Waals surface area contributed by atoms with Gasteiger partial charge in [0, 0.05) is 0 Å². The number of halogens is 1. The fourth-order valence-electron chi connectivity index (χ4n) is 2.15. The second-order valence-electron chi connectivity index (χ2n) is 5.49. The van der Waals surface area contributed by atoms with Gasteiger partial charge in [0.15, 0.2) is 0 Å². The molecule has 1 heterocycles. The van der Waals surface area contributed by atoms with Gasteiger partial charge in [-0.25, -0.2) is 13.6 Å². The quantitative estimate of drug-likeness (QED) is 0.923. The molecule has 0 aliphatic carbocycles. The van der Waals surface area contributed by atoms with Gasteiger partial charge < -0.3 is 9.47 Å². The molecule has 112 valence electrons. The van der Waals surface area contributed by atoms with Gasteiger partial charge in [0.2, 0.25) is 10.0 Å². The van der Waals surface area contributed by atoms with Crippen LogP contribution in [0.2, 0.25) is 5.02 Å². The van der Waals surface area contributed by atoms with Gasteiger partial charge in [-0.1, -0.05) is 11.6 Å². The van der Waals surface area contributed by atoms with E-state index in [9.17, 15) is 8.42 Å². The molecule has 2 rings (SSSR count). The van der Waals surface area contributed by atoms with Crippen molar-refractivity contribution in [1.29, 1.82) is 0 Å². The molecular formula is C13H18ClNO4S. The molecule has 1 fully saturated rings. The zero-order valence-electron chi connectivity index (χ0n) is 11.4. The van der Waals surface area contributed by atoms with Crippen LogP contribution in [0.1, 0.15) is 26.7 Å². The summed E-state index contributed by atoms with van der Waals surface area (Å²) >= 11 is 5.99. The van der Waals surface area contributed by atoms with Crippen molar-refractivity contribution in [2.75, 3.05) is 6.61 Å². The first-order valence-corrected chi connectivity index (χ1v) is 8.23. The predicted molar refractivity (Wildman–Crippen MR) is 76.5 cm³/mol. The molecular weight excluding hydrogens is 302 g/mol. The number of rotatable bonds is 4. The molecule has 5 nitrogen and oxygen atoms in total. The van der Waals surface area contributed by atoms with Crippen molar-refractivity contribution in [2.24, 2.45) is 5.14 Å². The van der Waals surface area contributed by atoms with E-state index in [1.807, 2.05) is 13.8 Å². The lowest BCUT2D eigenvalue weighted by molar-refractivity contribution is -0.0326. The van der Waals surface area contributed by atoms with E-state index in [0.717, 1.165) is 12.8 Å². The Morgan fingerprint density at radius 2 is 2.20 bits per heavy atom. The van der Waals surface area contributed by atoms with Crippen LogP contribution in [0.3, 0.4) is 0 Å². The molecule has 0 spiro atoms. The maximum absolute atomic E-state index is 11.2. The lowest BCUT2D eigenvalue weighted by Crippen LogP contribution is -2.24. The zero-order chi connectivity index (χ0) is 15.0. The van der Waals surface area contributed by atoms with Crippen molar-refractivity contribution in [2.45, 2.75) is 43.3 Å². The summed E-state index contributed by atoms with van der Waals surface area (Å²) in [6, 6.07) is 4.16. The summed E-state index contributed by atoms with van der Waals surface area (Å²) in [5, 5.41) is 5.25. The fraction of sp³-hybridized carbons (Fsp3) is 0.538. The van der Waals surface area contributed by atoms with Gasteiger partial charge in [-0.3, -0.25) is 0 Å². The predicted octanol–water partition coefficient (Wildman–Crippen LogP) is 2.32. The molecule has 1 aliphatic heterocycles. The molecule has 2 N–H and O–H groups in total. The van der Waals surface area contributed by atoms with Gasteiger partial charge in [0.1, 0.15) is 12.4 Å². The number of sulfonamides is 1. The van der Waals surface area contributed by atoms with Crippen LogP contribution in [0.15, 0.2) is 23.1 Å². The third kappa shape index (κ3) is 3.85. The normalized spacial score (nSPS) is 21.9. The number of primary sulfonamides is 1. The third-order valence-corrected chi connectivity index (χ3v) is 4.42. The summed E-state index contributed by atoms with van der Waals surface area (Å²) in [4.78, 5) is -0.0342. The van der Waals surface area contributed by atoms with Gasteiger partial charge in [0.25, 0.3) is 0 Å². The Hall–Kier alpha value is -0.820. The molecule has 1 unspecified atom stereocenters. The highest BCUT2D eigenvalue weighted by atomic mass is 35.5. The molecule has 1 aliphatic rings. The van der Waals surface area contributed by atoms with Crippen LogP contribution in [0, 0.1) is 0 Å². The van der Waals surface area contributed by atoms with Crippen LogP contribution in [-0.4, -0.2) is 26.7 Å². The summed E-state index contributed by atoms with van der Waals surface area (Å²) in [6.45, 7) is 4.47. The summed E-state index contributed by atoms with van der Waals surface area (Å²) in [7, 11) is -3.75. The topological polar surface area (TPSA) is 78.6 Å². The first-order valence-electron chi connectivity index (χ1n) is 6.30. The van der Waals surface area contributed by atoms with Gasteiger partial charge >= 0.3 is 0 Å². The van der Waals surface area contributed by atoms with Crippen LogP contribution >= 0.6 is 11.6 Å². The molecule has 1 atom stereocenters. The zero-order valence-corrected chi connectivity index (χ0v) is 13.0. The van der Waals surface area contributed by atoms with E-state index >= 15 is 0 Å². The second-order valence-corrected chi connectivity index (χ2v) is 7.46. The number of hydrogen-bond donors (Lipinski definition) is 1. The van der Waals surface area contributed by atoms with E-state index in [4.69, 9.17) is 26.2 Å². The van der Waals surface area contributed by atoms with Crippen LogP contribution < -0.4 is 9.88 Å². The molecule has 1 aromatic rings. The lowest BCUT2D eigenvalue weighted by atomic mass is 10.1. The number of nitrogens with two attached hydrogens (primary N) is 1. The number of hydrogen-bond acceptors (Lipinski definition) is 4. The highest BCUT2D eigenvalue weighted by Crippen LogP contribution is 2.31. The van der Waals surface area contributed by atoms with E-state index in [2.05, 4.69) is 0 Å². The van der Waals surface area contributed by atoms with Crippen molar-refractivity contribution in [3.63, 3.8) is 0 Å². The molecule has 1 saturated heterocycles. The van der Waals surface area contributed by atoms with Crippen molar-refractivity contribution in [3.8, 4) is 5.75 Å². The van der Waals surface area contributed by atoms with Gasteiger partial charge in [-0.15, -0.1) is 0 Å². The summed E-state index contributed by atoms with van der Waals surface area (Å²) in [5.74, 6) is 0.423. The maximum Gasteiger partial charge on any atom is 0.238 e. The Morgan fingerprint density at radius 3 is 2.70 bits per heavy atom. The first-order chi connectivity index (χ1) is 9.17. The Morgan fingerprint density at radius 1 is 1.50 bits per heavy atom. The van der Waals surface area contributed by atoms with Crippen LogP contribution in [0.5, 0.6) is 5.75 Å². The molecule has 7 heteroatoms. The van der Waals surface area contributed by atoms with Crippen LogP contribution in [-0.2, 0) is 14.8 Å². The van der Waals surface area contributed by atoms with Crippen LogP contribution in [0.25, 0.3) is 0 Å². The first kappa shape index (κ1) is 15.6. The van der Waals surface area contributed by atoms with Crippen molar-refractivity contribution in [3.05, 3.63) is 23.2 Å². The average molecular weight is 320 g/mol. The van der Waals surface area contributed by atoms with Gasteiger partial charge in [0.05, 0.1) is 21.6 Å². The Kier molecular flexibility index (Phi) is 4.30. The van der Waals surface area contributed by atoms with E-state index in [-0.39, 0.29) is 21.6 Å². The van der Waals surface area contributed by atoms with Crippen LogP contribution in [0.4, 0.5) is 0 Å². The standard InChI is InChI=1S/C13H18ClNO4S/c1-13(2)6-5-9(19-13)8-18-12-4-3-10(7-11(12)14)20(15,16)17/h3-4,7,9H,5-6,8H2,1-2H3,(H2,15,16,17). The minimum atomic E-state index is -3.75. The molecule has 0 aromatic heterocycles. The largest absolute Gasteiger partial charge is 0.489 e. The SMILES string of the molecule is CC1(C)CCC(COc2ccc(S(N)(=O)=O)cc2Cl)O1. The average Bonchev–Trinajstić information content (AvgIpc) is 2.66. The second kappa shape index (κ2) is 5.52. The summed E-state index contributed by atoms with van der Waals surface area (Å²) < 4.78 is 33.8. The molecule has 1 aromatic carbocycles. The Labute approximate surface area is 124 Å². The lowest BCUT2D eigenvalue weighted by Gasteiger charge is -2.19. The third-order valence-electron chi connectivity index (χ3n) is 3.21. The summed E-state index contributed by atoms with van der Waals surface area (Å²) in [5.41, 5.74) is -0.116. The molecule has 20 heavy (non-hydrogen) atoms. The Balaban J connectivity index is 2.01. The minimum Gasteiger partial charge on any atom is -0.489 e. The van der Waals surface area contributed by atoms with Crippen molar-refractivity contribution in [1.82, 2.24) is 0 Å². The maximum atomic E-state index is 11.2. The molecule has 0 saturated carbocycles. The van der Waals surface area contributed by atoms with Gasteiger partial charge in [-0.2, -0.15) is 0 Å². The minimum absolute atomic E-state index is 0.0268. The molecule has 0 bridgehead atoms. The summed E-state index contributed by atoms with van der Waals surface area (Å²) in [6.07, 6.45) is 1.94. The fourth-order valence-corrected chi connectivity index (χ4v) is 2.99. The van der Waals surface area contributed by atoms with Crippen molar-refractivity contribution < 1.29 is 17.9 Å². The van der Waals surface area contributed by atoms with Gasteiger partial charge in [-0.05, 0) is 44.9 Å². The highest BCUT2D eigenvalue weighted by molar-refractivity contribution is 7.89. The van der Waals surface area contributed by atoms with E-state index in [0.29, 0.717) is 12.4 Å². The number of ether oxygens (including phenoxy) is 2. The van der Waals surface area contributed by atoms with E-state index < -0.39 is 10.0 Å². The van der Waals surface area contributed by atoms with E-state index in [1.165, 1.54) is 18.2 Å². The smallest absolute Gasteiger partial charge is 0.238 e.